The summed E-state index contributed by atoms with van der Waals surface area (Å²) in [6, 6.07) is 12.5. The van der Waals surface area contributed by atoms with Crippen molar-refractivity contribution in [2.45, 2.75) is 41.7 Å². The van der Waals surface area contributed by atoms with Gasteiger partial charge in [0.25, 0.3) is 0 Å². The Labute approximate surface area is 186 Å². The largest absolute Gasteiger partial charge is 0.326 e. The molecule has 31 heavy (non-hydrogen) atoms. The molecule has 0 radical (unpaired) electrons. The van der Waals surface area contributed by atoms with Crippen molar-refractivity contribution in [2.24, 2.45) is 5.92 Å². The third kappa shape index (κ3) is 4.63. The first kappa shape index (κ1) is 21.9. The molecule has 0 aromatic heterocycles. The fraction of sp³-hybridized carbons (Fsp3) is 0.364. The quantitative estimate of drug-likeness (QED) is 0.730. The van der Waals surface area contributed by atoms with Crippen LogP contribution in [0, 0.1) is 12.8 Å². The third-order valence-electron chi connectivity index (χ3n) is 5.63. The third-order valence-corrected chi connectivity index (χ3v) is 8.70. The van der Waals surface area contributed by atoms with Crippen molar-refractivity contribution in [1.82, 2.24) is 4.31 Å². The number of anilines is 2. The lowest BCUT2D eigenvalue weighted by Gasteiger charge is -2.31. The molecule has 2 aliphatic heterocycles. The van der Waals surface area contributed by atoms with Gasteiger partial charge in [-0.2, -0.15) is 4.31 Å². The number of benzene rings is 2. The first-order valence-electron chi connectivity index (χ1n) is 10.2. The molecule has 1 saturated heterocycles. The van der Waals surface area contributed by atoms with E-state index < -0.39 is 10.0 Å². The smallest absolute Gasteiger partial charge is 0.243 e. The molecule has 2 aromatic carbocycles. The zero-order chi connectivity index (χ0) is 22.2. The van der Waals surface area contributed by atoms with Crippen LogP contribution >= 0.6 is 11.8 Å². The minimum atomic E-state index is -3.70. The molecule has 0 aliphatic carbocycles. The van der Waals surface area contributed by atoms with Crippen LogP contribution in [-0.2, 0) is 19.6 Å². The number of rotatable bonds is 4. The lowest BCUT2D eigenvalue weighted by Crippen LogP contribution is -2.41. The Morgan fingerprint density at radius 3 is 2.61 bits per heavy atom. The van der Waals surface area contributed by atoms with Crippen LogP contribution in [0.3, 0.4) is 0 Å². The second-order valence-corrected chi connectivity index (χ2v) is 11.3. The van der Waals surface area contributed by atoms with Gasteiger partial charge < -0.3 is 10.6 Å². The number of carbonyl (C=O) groups is 2. The van der Waals surface area contributed by atoms with Crippen molar-refractivity contribution in [3.05, 3.63) is 48.0 Å². The maximum atomic E-state index is 13.1. The summed E-state index contributed by atoms with van der Waals surface area (Å²) in [4.78, 5) is 25.6. The van der Waals surface area contributed by atoms with Gasteiger partial charge in [0, 0.05) is 29.6 Å². The van der Waals surface area contributed by atoms with Crippen molar-refractivity contribution in [3.63, 3.8) is 0 Å². The fourth-order valence-corrected chi connectivity index (χ4v) is 6.25. The van der Waals surface area contributed by atoms with Gasteiger partial charge in [0.15, 0.2) is 0 Å². The summed E-state index contributed by atoms with van der Waals surface area (Å²) in [5.41, 5.74) is 2.35. The minimum Gasteiger partial charge on any atom is -0.326 e. The molecule has 1 fully saturated rings. The first-order chi connectivity index (χ1) is 14.7. The Balaban J connectivity index is 1.42. The molecule has 4 rings (SSSR count). The Morgan fingerprint density at radius 1 is 1.16 bits per heavy atom. The SMILES string of the molecule is Cc1cccc(NC(=O)C2CCN(S(=O)(=O)c3ccc4c(c3)NC(=O)[C@H](C)S4)CC2)c1. The number of hydrogen-bond donors (Lipinski definition) is 2. The predicted molar refractivity (Wildman–Crippen MR) is 122 cm³/mol. The minimum absolute atomic E-state index is 0.0784. The molecule has 2 aromatic rings. The topological polar surface area (TPSA) is 95.6 Å². The van der Waals surface area contributed by atoms with E-state index >= 15 is 0 Å². The van der Waals surface area contributed by atoms with Crippen molar-refractivity contribution in [3.8, 4) is 0 Å². The number of thioether (sulfide) groups is 1. The van der Waals surface area contributed by atoms with Gasteiger partial charge in [-0.25, -0.2) is 8.42 Å². The molecule has 0 spiro atoms. The number of hydrogen-bond acceptors (Lipinski definition) is 5. The molecule has 2 heterocycles. The average molecular weight is 460 g/mol. The van der Waals surface area contributed by atoms with E-state index in [1.54, 1.807) is 12.1 Å². The molecule has 7 nitrogen and oxygen atoms in total. The van der Waals surface area contributed by atoms with E-state index in [1.807, 2.05) is 38.1 Å². The number of sulfonamides is 1. The monoisotopic (exact) mass is 459 g/mol. The molecule has 1 atom stereocenters. The van der Waals surface area contributed by atoms with Gasteiger partial charge in [0.1, 0.15) is 0 Å². The highest BCUT2D eigenvalue weighted by Crippen LogP contribution is 2.37. The fourth-order valence-electron chi connectivity index (χ4n) is 3.82. The zero-order valence-electron chi connectivity index (χ0n) is 17.4. The summed E-state index contributed by atoms with van der Waals surface area (Å²) in [7, 11) is -3.70. The number of aryl methyl sites for hydroxylation is 1. The maximum absolute atomic E-state index is 13.1. The van der Waals surface area contributed by atoms with Gasteiger partial charge in [0.2, 0.25) is 21.8 Å². The van der Waals surface area contributed by atoms with Gasteiger partial charge in [-0.05, 0) is 62.6 Å². The van der Waals surface area contributed by atoms with E-state index in [2.05, 4.69) is 10.6 Å². The highest BCUT2D eigenvalue weighted by molar-refractivity contribution is 8.01. The van der Waals surface area contributed by atoms with E-state index in [0.717, 1.165) is 16.1 Å². The van der Waals surface area contributed by atoms with Crippen LogP contribution in [0.2, 0.25) is 0 Å². The van der Waals surface area contributed by atoms with Gasteiger partial charge in [-0.1, -0.05) is 12.1 Å². The number of carbonyl (C=O) groups excluding carboxylic acids is 2. The Morgan fingerprint density at radius 2 is 1.90 bits per heavy atom. The van der Waals surface area contributed by atoms with Crippen LogP contribution in [0.5, 0.6) is 0 Å². The van der Waals surface area contributed by atoms with Gasteiger partial charge in [0.05, 0.1) is 15.8 Å². The van der Waals surface area contributed by atoms with Crippen molar-refractivity contribution < 1.29 is 18.0 Å². The molecule has 9 heteroatoms. The highest BCUT2D eigenvalue weighted by Gasteiger charge is 2.33. The normalized spacial score (nSPS) is 20.1. The van der Waals surface area contributed by atoms with Crippen LogP contribution in [0.25, 0.3) is 0 Å². The summed E-state index contributed by atoms with van der Waals surface area (Å²) < 4.78 is 27.7. The second-order valence-electron chi connectivity index (χ2n) is 7.94. The summed E-state index contributed by atoms with van der Waals surface area (Å²) in [6.07, 6.45) is 0.928. The number of piperidine rings is 1. The number of nitrogens with zero attached hydrogens (tertiary/aromatic N) is 1. The number of fused-ring (bicyclic) bond motifs is 1. The molecular formula is C22H25N3O4S2. The summed E-state index contributed by atoms with van der Waals surface area (Å²) >= 11 is 1.41. The summed E-state index contributed by atoms with van der Waals surface area (Å²) in [5, 5.41) is 5.50. The second kappa shape index (κ2) is 8.64. The summed E-state index contributed by atoms with van der Waals surface area (Å²) in [6.45, 7) is 4.34. The Hall–Kier alpha value is -2.36. The van der Waals surface area contributed by atoms with Crippen molar-refractivity contribution >= 4 is 45.0 Å². The van der Waals surface area contributed by atoms with Crippen LogP contribution in [0.15, 0.2) is 52.3 Å². The van der Waals surface area contributed by atoms with Crippen molar-refractivity contribution in [2.75, 3.05) is 23.7 Å². The van der Waals surface area contributed by atoms with Crippen LogP contribution < -0.4 is 10.6 Å². The maximum Gasteiger partial charge on any atom is 0.243 e. The number of nitrogens with one attached hydrogen (secondary N) is 2. The Bertz CT molecular complexity index is 1130. The van der Waals surface area contributed by atoms with E-state index in [-0.39, 0.29) is 41.0 Å². The molecule has 0 saturated carbocycles. The molecule has 164 valence electrons. The molecular weight excluding hydrogens is 434 g/mol. The average Bonchev–Trinajstić information content (AvgIpc) is 2.74. The van der Waals surface area contributed by atoms with E-state index in [1.165, 1.54) is 22.1 Å². The van der Waals surface area contributed by atoms with Crippen LogP contribution in [0.4, 0.5) is 11.4 Å². The van der Waals surface area contributed by atoms with Gasteiger partial charge in [-0.3, -0.25) is 9.59 Å². The van der Waals surface area contributed by atoms with E-state index in [4.69, 9.17) is 0 Å². The molecule has 2 amide bonds. The molecule has 0 bridgehead atoms. The predicted octanol–water partition coefficient (Wildman–Crippen LogP) is 3.47. The van der Waals surface area contributed by atoms with Crippen LogP contribution in [0.1, 0.15) is 25.3 Å². The zero-order valence-corrected chi connectivity index (χ0v) is 19.1. The van der Waals surface area contributed by atoms with Gasteiger partial charge >= 0.3 is 0 Å². The summed E-state index contributed by atoms with van der Waals surface area (Å²) in [5.74, 6) is -0.439. The lowest BCUT2D eigenvalue weighted by atomic mass is 9.97. The first-order valence-corrected chi connectivity index (χ1v) is 12.6. The number of amides is 2. The molecule has 2 aliphatic rings. The lowest BCUT2D eigenvalue weighted by molar-refractivity contribution is -0.121. The van der Waals surface area contributed by atoms with Gasteiger partial charge in [-0.15, -0.1) is 11.8 Å². The molecule has 2 N–H and O–H groups in total. The van der Waals surface area contributed by atoms with Crippen LogP contribution in [-0.4, -0.2) is 42.9 Å². The Kier molecular flexibility index (Phi) is 6.09. The molecule has 0 unspecified atom stereocenters. The van der Waals surface area contributed by atoms with Crippen molar-refractivity contribution in [1.29, 1.82) is 0 Å². The highest BCUT2D eigenvalue weighted by atomic mass is 32.2. The van der Waals surface area contributed by atoms with E-state index in [0.29, 0.717) is 18.5 Å². The standard InChI is InChI=1S/C22H25N3O4S2/c1-14-4-3-5-17(12-14)23-22(27)16-8-10-25(11-9-16)31(28,29)18-6-7-20-19(13-18)24-21(26)15(2)30-20/h3-7,12-13,15-16H,8-11H2,1-2H3,(H,23,27)(H,24,26)/t15-/m0/s1. The van der Waals surface area contributed by atoms with E-state index in [9.17, 15) is 18.0 Å².